The van der Waals surface area contributed by atoms with Crippen LogP contribution in [0.2, 0.25) is 0 Å². The first-order valence-electron chi connectivity index (χ1n) is 6.73. The molecule has 3 heteroatoms. The molecule has 0 fully saturated rings. The molecule has 0 radical (unpaired) electrons. The Hall–Kier alpha value is -2.03. The highest BCUT2D eigenvalue weighted by Crippen LogP contribution is 2.20. The van der Waals surface area contributed by atoms with Gasteiger partial charge >= 0.3 is 6.03 Å². The van der Waals surface area contributed by atoms with Crippen molar-refractivity contribution in [2.45, 2.75) is 26.3 Å². The van der Waals surface area contributed by atoms with Gasteiger partial charge in [-0.15, -0.1) is 0 Å². The molecule has 1 atom stereocenters. The van der Waals surface area contributed by atoms with E-state index in [2.05, 4.69) is 41.0 Å². The van der Waals surface area contributed by atoms with Gasteiger partial charge in [-0.3, -0.25) is 0 Å². The molecule has 0 bridgehead atoms. The first-order chi connectivity index (χ1) is 9.20. The maximum absolute atomic E-state index is 11.6. The molecule has 2 rings (SSSR count). The van der Waals surface area contributed by atoms with E-state index in [1.165, 1.54) is 10.8 Å². The van der Waals surface area contributed by atoms with Gasteiger partial charge < -0.3 is 10.6 Å². The number of urea groups is 1. The van der Waals surface area contributed by atoms with E-state index in [0.29, 0.717) is 6.54 Å². The molecular weight excluding hydrogens is 236 g/mol. The molecule has 0 aromatic heterocycles. The Labute approximate surface area is 114 Å². The molecule has 2 aromatic carbocycles. The lowest BCUT2D eigenvalue weighted by Crippen LogP contribution is -2.37. The second-order valence-electron chi connectivity index (χ2n) is 4.73. The van der Waals surface area contributed by atoms with Gasteiger partial charge in [0.2, 0.25) is 0 Å². The van der Waals surface area contributed by atoms with Gasteiger partial charge in [-0.05, 0) is 35.7 Å². The van der Waals surface area contributed by atoms with Crippen LogP contribution in [0, 0.1) is 0 Å². The summed E-state index contributed by atoms with van der Waals surface area (Å²) in [6.45, 7) is 4.74. The second kappa shape index (κ2) is 6.23. The van der Waals surface area contributed by atoms with Crippen molar-refractivity contribution in [1.29, 1.82) is 0 Å². The maximum Gasteiger partial charge on any atom is 0.315 e. The highest BCUT2D eigenvalue weighted by molar-refractivity contribution is 5.83. The van der Waals surface area contributed by atoms with Crippen molar-refractivity contribution in [1.82, 2.24) is 10.6 Å². The Morgan fingerprint density at radius 2 is 1.89 bits per heavy atom. The largest absolute Gasteiger partial charge is 0.338 e. The van der Waals surface area contributed by atoms with E-state index < -0.39 is 0 Å². The molecule has 0 saturated heterocycles. The Bertz CT molecular complexity index is 565. The molecule has 0 heterocycles. The highest BCUT2D eigenvalue weighted by Gasteiger charge is 2.09. The minimum Gasteiger partial charge on any atom is -0.338 e. The summed E-state index contributed by atoms with van der Waals surface area (Å²) in [5, 5.41) is 8.18. The molecule has 19 heavy (non-hydrogen) atoms. The standard InChI is InChI=1S/C16H20N2O/c1-3-10-17-16(19)18-12(2)14-9-8-13-6-4-5-7-15(13)11-14/h4-9,11-12H,3,10H2,1-2H3,(H2,17,18,19). The molecule has 3 nitrogen and oxygen atoms in total. The predicted molar refractivity (Wildman–Crippen MR) is 79.2 cm³/mol. The number of hydrogen-bond donors (Lipinski definition) is 2. The van der Waals surface area contributed by atoms with Crippen LogP contribution in [0.3, 0.4) is 0 Å². The number of rotatable bonds is 4. The molecular formula is C16H20N2O. The van der Waals surface area contributed by atoms with Crippen molar-refractivity contribution >= 4 is 16.8 Å². The van der Waals surface area contributed by atoms with E-state index in [9.17, 15) is 4.79 Å². The summed E-state index contributed by atoms with van der Waals surface area (Å²) in [7, 11) is 0. The molecule has 100 valence electrons. The third kappa shape index (κ3) is 3.47. The van der Waals surface area contributed by atoms with Crippen LogP contribution < -0.4 is 10.6 Å². The summed E-state index contributed by atoms with van der Waals surface area (Å²) >= 11 is 0. The van der Waals surface area contributed by atoms with Gasteiger partial charge in [-0.1, -0.05) is 43.3 Å². The van der Waals surface area contributed by atoms with Crippen LogP contribution >= 0.6 is 0 Å². The van der Waals surface area contributed by atoms with Gasteiger partial charge in [0.1, 0.15) is 0 Å². The number of carbonyl (C=O) groups excluding carboxylic acids is 1. The average Bonchev–Trinajstić information content (AvgIpc) is 2.44. The van der Waals surface area contributed by atoms with Gasteiger partial charge in [0.05, 0.1) is 6.04 Å². The zero-order valence-electron chi connectivity index (χ0n) is 11.4. The van der Waals surface area contributed by atoms with Crippen molar-refractivity contribution in [3.63, 3.8) is 0 Å². The summed E-state index contributed by atoms with van der Waals surface area (Å²) < 4.78 is 0. The summed E-state index contributed by atoms with van der Waals surface area (Å²) in [6.07, 6.45) is 0.942. The average molecular weight is 256 g/mol. The number of carbonyl (C=O) groups is 1. The van der Waals surface area contributed by atoms with Crippen molar-refractivity contribution in [2.24, 2.45) is 0 Å². The van der Waals surface area contributed by atoms with E-state index in [1.807, 2.05) is 26.0 Å². The van der Waals surface area contributed by atoms with Crippen LogP contribution in [0.1, 0.15) is 31.9 Å². The third-order valence-electron chi connectivity index (χ3n) is 3.16. The topological polar surface area (TPSA) is 41.1 Å². The first-order valence-corrected chi connectivity index (χ1v) is 6.73. The Morgan fingerprint density at radius 1 is 1.16 bits per heavy atom. The highest BCUT2D eigenvalue weighted by atomic mass is 16.2. The fraction of sp³-hybridized carbons (Fsp3) is 0.312. The zero-order valence-corrected chi connectivity index (χ0v) is 11.4. The van der Waals surface area contributed by atoms with Crippen molar-refractivity contribution in [3.8, 4) is 0 Å². The smallest absolute Gasteiger partial charge is 0.315 e. The summed E-state index contributed by atoms with van der Waals surface area (Å²) in [5.41, 5.74) is 1.12. The van der Waals surface area contributed by atoms with E-state index in [-0.39, 0.29) is 12.1 Å². The van der Waals surface area contributed by atoms with E-state index >= 15 is 0 Å². The third-order valence-corrected chi connectivity index (χ3v) is 3.16. The lowest BCUT2D eigenvalue weighted by molar-refractivity contribution is 0.238. The molecule has 2 amide bonds. The molecule has 1 unspecified atom stereocenters. The van der Waals surface area contributed by atoms with Crippen LogP contribution in [0.4, 0.5) is 4.79 Å². The minimum atomic E-state index is -0.109. The molecule has 0 aliphatic heterocycles. The van der Waals surface area contributed by atoms with Crippen LogP contribution in [0.25, 0.3) is 10.8 Å². The number of benzene rings is 2. The Kier molecular flexibility index (Phi) is 4.39. The zero-order chi connectivity index (χ0) is 13.7. The van der Waals surface area contributed by atoms with Gasteiger partial charge in [0.15, 0.2) is 0 Å². The SMILES string of the molecule is CCCNC(=O)NC(C)c1ccc2ccccc2c1. The van der Waals surface area contributed by atoms with E-state index in [1.54, 1.807) is 0 Å². The van der Waals surface area contributed by atoms with Gasteiger partial charge in [0, 0.05) is 6.54 Å². The first kappa shape index (κ1) is 13.4. The fourth-order valence-corrected chi connectivity index (χ4v) is 2.05. The monoisotopic (exact) mass is 256 g/mol. The van der Waals surface area contributed by atoms with E-state index in [4.69, 9.17) is 0 Å². The molecule has 2 aromatic rings. The van der Waals surface area contributed by atoms with Gasteiger partial charge in [0.25, 0.3) is 0 Å². The van der Waals surface area contributed by atoms with Gasteiger partial charge in [-0.25, -0.2) is 4.79 Å². The maximum atomic E-state index is 11.6. The summed E-state index contributed by atoms with van der Waals surface area (Å²) in [6, 6.07) is 14.4. The minimum absolute atomic E-state index is 0.00135. The summed E-state index contributed by atoms with van der Waals surface area (Å²) in [5.74, 6) is 0. The van der Waals surface area contributed by atoms with E-state index in [0.717, 1.165) is 12.0 Å². The normalized spacial score (nSPS) is 12.1. The number of amides is 2. The van der Waals surface area contributed by atoms with Crippen molar-refractivity contribution in [3.05, 3.63) is 48.0 Å². The molecule has 0 aliphatic rings. The number of nitrogens with one attached hydrogen (secondary N) is 2. The molecule has 0 aliphatic carbocycles. The van der Waals surface area contributed by atoms with Crippen molar-refractivity contribution in [2.75, 3.05) is 6.54 Å². The number of fused-ring (bicyclic) bond motifs is 1. The molecule has 2 N–H and O–H groups in total. The quantitative estimate of drug-likeness (QED) is 0.862. The van der Waals surface area contributed by atoms with Crippen LogP contribution in [0.15, 0.2) is 42.5 Å². The second-order valence-corrected chi connectivity index (χ2v) is 4.73. The van der Waals surface area contributed by atoms with Crippen LogP contribution in [-0.4, -0.2) is 12.6 Å². The van der Waals surface area contributed by atoms with Crippen LogP contribution in [-0.2, 0) is 0 Å². The Morgan fingerprint density at radius 3 is 2.63 bits per heavy atom. The van der Waals surface area contributed by atoms with Gasteiger partial charge in [-0.2, -0.15) is 0 Å². The lowest BCUT2D eigenvalue weighted by atomic mass is 10.0. The predicted octanol–water partition coefficient (Wildman–Crippen LogP) is 3.61. The van der Waals surface area contributed by atoms with Crippen molar-refractivity contribution < 1.29 is 4.79 Å². The summed E-state index contributed by atoms with van der Waals surface area (Å²) in [4.78, 5) is 11.6. The van der Waals surface area contributed by atoms with Crippen LogP contribution in [0.5, 0.6) is 0 Å². The lowest BCUT2D eigenvalue weighted by Gasteiger charge is -2.15. The number of hydrogen-bond acceptors (Lipinski definition) is 1. The molecule has 0 saturated carbocycles. The fourth-order valence-electron chi connectivity index (χ4n) is 2.05. The Balaban J connectivity index is 2.08. The molecule has 0 spiro atoms.